The SMILES string of the molecule is CC(C)(C=O)CN1CCC(c2ccccc2)C1. The molecule has 0 bridgehead atoms. The summed E-state index contributed by atoms with van der Waals surface area (Å²) in [5, 5.41) is 0. The molecule has 0 amide bonds. The molecule has 1 unspecified atom stereocenters. The van der Waals surface area contributed by atoms with E-state index in [4.69, 9.17) is 0 Å². The third-order valence-electron chi connectivity index (χ3n) is 3.49. The van der Waals surface area contributed by atoms with Gasteiger partial charge in [-0.15, -0.1) is 0 Å². The molecule has 1 saturated heterocycles. The van der Waals surface area contributed by atoms with Crippen LogP contribution in [0.3, 0.4) is 0 Å². The standard InChI is InChI=1S/C15H21NO/c1-15(2,12-17)11-16-9-8-14(10-16)13-6-4-3-5-7-13/h3-7,12,14H,8-11H2,1-2H3. The van der Waals surface area contributed by atoms with Crippen molar-refractivity contribution in [1.29, 1.82) is 0 Å². The maximum atomic E-state index is 10.9. The number of carbonyl (C=O) groups excluding carboxylic acids is 1. The minimum Gasteiger partial charge on any atom is -0.303 e. The summed E-state index contributed by atoms with van der Waals surface area (Å²) >= 11 is 0. The summed E-state index contributed by atoms with van der Waals surface area (Å²) in [4.78, 5) is 13.3. The van der Waals surface area contributed by atoms with E-state index in [0.717, 1.165) is 25.9 Å². The Balaban J connectivity index is 1.94. The minimum absolute atomic E-state index is 0.217. The van der Waals surface area contributed by atoms with Crippen molar-refractivity contribution in [2.45, 2.75) is 26.2 Å². The highest BCUT2D eigenvalue weighted by atomic mass is 16.1. The molecule has 0 spiro atoms. The van der Waals surface area contributed by atoms with Crippen LogP contribution in [0.1, 0.15) is 31.7 Å². The number of likely N-dealkylation sites (tertiary alicyclic amines) is 1. The zero-order valence-electron chi connectivity index (χ0n) is 10.7. The van der Waals surface area contributed by atoms with E-state index in [-0.39, 0.29) is 5.41 Å². The normalized spacial score (nSPS) is 21.6. The number of hydrogen-bond donors (Lipinski definition) is 0. The predicted molar refractivity (Wildman–Crippen MR) is 70.1 cm³/mol. The van der Waals surface area contributed by atoms with Crippen LogP contribution in [0.4, 0.5) is 0 Å². The molecule has 1 aromatic carbocycles. The largest absolute Gasteiger partial charge is 0.303 e. The van der Waals surface area contributed by atoms with Gasteiger partial charge < -0.3 is 9.69 Å². The monoisotopic (exact) mass is 231 g/mol. The molecule has 0 radical (unpaired) electrons. The van der Waals surface area contributed by atoms with Gasteiger partial charge in [0.1, 0.15) is 6.29 Å². The Hall–Kier alpha value is -1.15. The molecule has 0 aliphatic carbocycles. The number of carbonyl (C=O) groups is 1. The summed E-state index contributed by atoms with van der Waals surface area (Å²) < 4.78 is 0. The lowest BCUT2D eigenvalue weighted by molar-refractivity contribution is -0.115. The number of benzene rings is 1. The predicted octanol–water partition coefficient (Wildman–Crippen LogP) is 2.70. The van der Waals surface area contributed by atoms with Crippen LogP contribution < -0.4 is 0 Å². The first-order valence-electron chi connectivity index (χ1n) is 6.34. The molecule has 0 aromatic heterocycles. The summed E-state index contributed by atoms with van der Waals surface area (Å²) in [7, 11) is 0. The zero-order chi connectivity index (χ0) is 12.3. The van der Waals surface area contributed by atoms with Gasteiger partial charge in [-0.2, -0.15) is 0 Å². The maximum Gasteiger partial charge on any atom is 0.126 e. The molecule has 1 heterocycles. The molecule has 1 aliphatic heterocycles. The van der Waals surface area contributed by atoms with E-state index >= 15 is 0 Å². The van der Waals surface area contributed by atoms with Crippen molar-refractivity contribution >= 4 is 6.29 Å². The Morgan fingerprint density at radius 1 is 1.35 bits per heavy atom. The molecule has 2 nitrogen and oxygen atoms in total. The van der Waals surface area contributed by atoms with Crippen LogP contribution in [0.2, 0.25) is 0 Å². The van der Waals surface area contributed by atoms with Crippen LogP contribution >= 0.6 is 0 Å². The number of aldehydes is 1. The van der Waals surface area contributed by atoms with E-state index in [9.17, 15) is 4.79 Å². The van der Waals surface area contributed by atoms with Gasteiger partial charge in [0.25, 0.3) is 0 Å². The Kier molecular flexibility index (Phi) is 3.63. The Bertz CT molecular complexity index is 372. The fourth-order valence-electron chi connectivity index (χ4n) is 2.59. The third-order valence-corrected chi connectivity index (χ3v) is 3.49. The van der Waals surface area contributed by atoms with Gasteiger partial charge in [-0.3, -0.25) is 0 Å². The number of nitrogens with zero attached hydrogens (tertiary/aromatic N) is 1. The second kappa shape index (κ2) is 5.01. The zero-order valence-corrected chi connectivity index (χ0v) is 10.7. The molecular formula is C15H21NO. The van der Waals surface area contributed by atoms with E-state index in [1.54, 1.807) is 0 Å². The molecule has 2 rings (SSSR count). The molecular weight excluding hydrogens is 210 g/mol. The molecule has 1 fully saturated rings. The van der Waals surface area contributed by atoms with E-state index in [1.807, 2.05) is 13.8 Å². The fourth-order valence-corrected chi connectivity index (χ4v) is 2.59. The first kappa shape index (κ1) is 12.3. The molecule has 0 N–H and O–H groups in total. The van der Waals surface area contributed by atoms with Gasteiger partial charge in [0.15, 0.2) is 0 Å². The lowest BCUT2D eigenvalue weighted by Gasteiger charge is -2.25. The highest BCUT2D eigenvalue weighted by molar-refractivity contribution is 5.58. The van der Waals surface area contributed by atoms with Crippen LogP contribution in [0, 0.1) is 5.41 Å². The summed E-state index contributed by atoms with van der Waals surface area (Å²) in [5.74, 6) is 0.638. The Morgan fingerprint density at radius 3 is 2.71 bits per heavy atom. The first-order valence-corrected chi connectivity index (χ1v) is 6.34. The van der Waals surface area contributed by atoms with Gasteiger partial charge in [-0.05, 0) is 24.4 Å². The summed E-state index contributed by atoms with van der Waals surface area (Å²) in [5.41, 5.74) is 1.21. The average molecular weight is 231 g/mol. The van der Waals surface area contributed by atoms with Crippen molar-refractivity contribution in [3.05, 3.63) is 35.9 Å². The van der Waals surface area contributed by atoms with Crippen molar-refractivity contribution < 1.29 is 4.79 Å². The molecule has 1 aliphatic rings. The summed E-state index contributed by atoms with van der Waals surface area (Å²) in [6.07, 6.45) is 2.28. The molecule has 0 saturated carbocycles. The second-order valence-corrected chi connectivity index (χ2v) is 5.74. The number of hydrogen-bond acceptors (Lipinski definition) is 2. The van der Waals surface area contributed by atoms with E-state index in [0.29, 0.717) is 5.92 Å². The highest BCUT2D eigenvalue weighted by Gasteiger charge is 2.28. The van der Waals surface area contributed by atoms with Crippen LogP contribution in [0.5, 0.6) is 0 Å². The minimum atomic E-state index is -0.217. The van der Waals surface area contributed by atoms with Crippen LogP contribution in [-0.4, -0.2) is 30.8 Å². The Morgan fingerprint density at radius 2 is 2.06 bits per heavy atom. The van der Waals surface area contributed by atoms with Gasteiger partial charge >= 0.3 is 0 Å². The van der Waals surface area contributed by atoms with Crippen molar-refractivity contribution in [2.24, 2.45) is 5.41 Å². The number of rotatable bonds is 4. The van der Waals surface area contributed by atoms with E-state index in [2.05, 4.69) is 35.2 Å². The second-order valence-electron chi connectivity index (χ2n) is 5.74. The lowest BCUT2D eigenvalue weighted by atomic mass is 9.95. The van der Waals surface area contributed by atoms with Gasteiger partial charge in [-0.25, -0.2) is 0 Å². The quantitative estimate of drug-likeness (QED) is 0.743. The fraction of sp³-hybridized carbons (Fsp3) is 0.533. The smallest absolute Gasteiger partial charge is 0.126 e. The van der Waals surface area contributed by atoms with Crippen molar-refractivity contribution in [1.82, 2.24) is 4.90 Å². The van der Waals surface area contributed by atoms with Crippen molar-refractivity contribution in [3.8, 4) is 0 Å². The third kappa shape index (κ3) is 3.16. The molecule has 17 heavy (non-hydrogen) atoms. The van der Waals surface area contributed by atoms with E-state index < -0.39 is 0 Å². The lowest BCUT2D eigenvalue weighted by Crippen LogP contribution is -2.33. The molecule has 92 valence electrons. The van der Waals surface area contributed by atoms with Gasteiger partial charge in [0, 0.05) is 18.5 Å². The van der Waals surface area contributed by atoms with E-state index in [1.165, 1.54) is 12.0 Å². The first-order chi connectivity index (χ1) is 8.11. The van der Waals surface area contributed by atoms with Gasteiger partial charge in [0.05, 0.1) is 0 Å². The Labute approximate surface area is 104 Å². The highest BCUT2D eigenvalue weighted by Crippen LogP contribution is 2.28. The van der Waals surface area contributed by atoms with Crippen molar-refractivity contribution in [2.75, 3.05) is 19.6 Å². The summed E-state index contributed by atoms with van der Waals surface area (Å²) in [6.45, 7) is 7.09. The topological polar surface area (TPSA) is 20.3 Å². The van der Waals surface area contributed by atoms with Gasteiger partial charge in [0.2, 0.25) is 0 Å². The summed E-state index contributed by atoms with van der Waals surface area (Å²) in [6, 6.07) is 10.7. The van der Waals surface area contributed by atoms with Crippen LogP contribution in [-0.2, 0) is 4.79 Å². The van der Waals surface area contributed by atoms with Crippen LogP contribution in [0.15, 0.2) is 30.3 Å². The van der Waals surface area contributed by atoms with Gasteiger partial charge in [-0.1, -0.05) is 44.2 Å². The average Bonchev–Trinajstić information content (AvgIpc) is 2.78. The molecule has 1 atom stereocenters. The molecule has 2 heteroatoms. The van der Waals surface area contributed by atoms with Crippen molar-refractivity contribution in [3.63, 3.8) is 0 Å². The van der Waals surface area contributed by atoms with Crippen LogP contribution in [0.25, 0.3) is 0 Å². The maximum absolute atomic E-state index is 10.9. The molecule has 1 aromatic rings.